The van der Waals surface area contributed by atoms with Crippen molar-refractivity contribution in [2.24, 2.45) is 11.8 Å². The van der Waals surface area contributed by atoms with Gasteiger partial charge in [0.1, 0.15) is 5.75 Å². The van der Waals surface area contributed by atoms with Crippen molar-refractivity contribution in [3.8, 4) is 5.75 Å². The average Bonchev–Trinajstić information content (AvgIpc) is 2.97. The molecule has 44 heavy (non-hydrogen) atoms. The molecule has 1 aromatic rings. The Bertz CT molecular complexity index is 1050. The molecule has 0 unspecified atom stereocenters. The van der Waals surface area contributed by atoms with Gasteiger partial charge in [-0.2, -0.15) is 13.2 Å². The monoisotopic (exact) mass is 627 g/mol. The molecule has 0 bridgehead atoms. The number of benzene rings is 1. The average molecular weight is 628 g/mol. The molecular weight excluding hydrogens is 575 g/mol. The van der Waals surface area contributed by atoms with Crippen molar-refractivity contribution in [2.45, 2.75) is 109 Å². The van der Waals surface area contributed by atoms with Crippen LogP contribution in [0.1, 0.15) is 95.3 Å². The predicted octanol–water partition coefficient (Wildman–Crippen LogP) is 6.28. The molecule has 11 heteroatoms. The Morgan fingerprint density at radius 3 is 2.50 bits per heavy atom. The topological polar surface area (TPSA) is 91.3 Å². The number of nitrogens with zero attached hydrogens (tertiary/aromatic N) is 2. The molecule has 0 aromatic heterocycles. The first kappa shape index (κ1) is 36.1. The standard InChI is InChI=1S/C33H52F3N3O5/c1-23-19-39(24(2)22-40)32(42)28-18-27(37-31(41)15-16-33(34,35)36)13-14-29(28)44-25(3)10-8-9-17-43-30(23)21-38(4)20-26-11-6-5-7-12-26/h13-14,18,23-26,30,40H,5-12,15-17,19-22H2,1-4H3,(H,37,41)/t23-,24+,25+,30-/m0/s1. The van der Waals surface area contributed by atoms with Crippen LogP contribution in [0.4, 0.5) is 18.9 Å². The van der Waals surface area contributed by atoms with Gasteiger partial charge in [-0.3, -0.25) is 9.59 Å². The summed E-state index contributed by atoms with van der Waals surface area (Å²) in [6.07, 6.45) is 2.15. The predicted molar refractivity (Wildman–Crippen MR) is 165 cm³/mol. The highest BCUT2D eigenvalue weighted by Gasteiger charge is 2.31. The Morgan fingerprint density at radius 1 is 1.11 bits per heavy atom. The molecule has 2 amide bonds. The van der Waals surface area contributed by atoms with E-state index in [0.29, 0.717) is 24.8 Å². The van der Waals surface area contributed by atoms with Gasteiger partial charge in [-0.1, -0.05) is 26.2 Å². The minimum absolute atomic E-state index is 0.0572. The second-order valence-corrected chi connectivity index (χ2v) is 12.9. The molecule has 0 radical (unpaired) electrons. The number of hydrogen-bond acceptors (Lipinski definition) is 6. The van der Waals surface area contributed by atoms with Crippen molar-refractivity contribution in [1.82, 2.24) is 9.80 Å². The molecule has 1 heterocycles. The molecular formula is C33H52F3N3O5. The van der Waals surface area contributed by atoms with E-state index in [-0.39, 0.29) is 36.0 Å². The molecule has 250 valence electrons. The van der Waals surface area contributed by atoms with Gasteiger partial charge in [0.25, 0.3) is 5.91 Å². The third kappa shape index (κ3) is 11.9. The molecule has 4 atom stereocenters. The van der Waals surface area contributed by atoms with Crippen LogP contribution in [0.2, 0.25) is 0 Å². The van der Waals surface area contributed by atoms with Crippen LogP contribution in [0.25, 0.3) is 0 Å². The maximum Gasteiger partial charge on any atom is 0.389 e. The number of ether oxygens (including phenoxy) is 2. The fourth-order valence-electron chi connectivity index (χ4n) is 6.13. The Hall–Kier alpha value is -2.37. The first-order chi connectivity index (χ1) is 20.9. The highest BCUT2D eigenvalue weighted by Crippen LogP contribution is 2.30. The molecule has 8 nitrogen and oxygen atoms in total. The van der Waals surface area contributed by atoms with Gasteiger partial charge in [0.2, 0.25) is 5.91 Å². The Morgan fingerprint density at radius 2 is 1.82 bits per heavy atom. The Labute approximate surface area is 260 Å². The molecule has 1 fully saturated rings. The SMILES string of the molecule is C[C@@H]1CCCCO[C@@H](CN(C)CC2CCCCC2)[C@@H](C)CN([C@H](C)CO)C(=O)c2cc(NC(=O)CCC(F)(F)F)ccc2O1. The second-order valence-electron chi connectivity index (χ2n) is 12.9. The van der Waals surface area contributed by atoms with Crippen LogP contribution >= 0.6 is 0 Å². The Kier molecular flexibility index (Phi) is 14.2. The summed E-state index contributed by atoms with van der Waals surface area (Å²) in [6.45, 7) is 8.17. The van der Waals surface area contributed by atoms with Crippen molar-refractivity contribution in [3.05, 3.63) is 23.8 Å². The zero-order chi connectivity index (χ0) is 32.3. The van der Waals surface area contributed by atoms with E-state index in [9.17, 15) is 27.9 Å². The number of fused-ring (bicyclic) bond motifs is 1. The summed E-state index contributed by atoms with van der Waals surface area (Å²) in [5.74, 6) is -0.222. The lowest BCUT2D eigenvalue weighted by atomic mass is 9.89. The molecule has 0 saturated heterocycles. The van der Waals surface area contributed by atoms with Gasteiger partial charge >= 0.3 is 6.18 Å². The summed E-state index contributed by atoms with van der Waals surface area (Å²) in [4.78, 5) is 30.4. The summed E-state index contributed by atoms with van der Waals surface area (Å²) < 4.78 is 50.6. The maximum absolute atomic E-state index is 14.2. The summed E-state index contributed by atoms with van der Waals surface area (Å²) >= 11 is 0. The lowest BCUT2D eigenvalue weighted by Gasteiger charge is -2.36. The number of amides is 2. The minimum atomic E-state index is -4.45. The molecule has 3 rings (SSSR count). The van der Waals surface area contributed by atoms with E-state index in [1.807, 2.05) is 6.92 Å². The van der Waals surface area contributed by atoms with Gasteiger partial charge in [-0.05, 0) is 77.1 Å². The zero-order valence-corrected chi connectivity index (χ0v) is 26.8. The first-order valence-corrected chi connectivity index (χ1v) is 16.3. The lowest BCUT2D eigenvalue weighted by Crippen LogP contribution is -2.47. The van der Waals surface area contributed by atoms with Gasteiger partial charge in [0.15, 0.2) is 0 Å². The van der Waals surface area contributed by atoms with Crippen molar-refractivity contribution in [1.29, 1.82) is 0 Å². The van der Waals surface area contributed by atoms with Crippen molar-refractivity contribution in [2.75, 3.05) is 45.2 Å². The van der Waals surface area contributed by atoms with Gasteiger partial charge in [-0.25, -0.2) is 0 Å². The van der Waals surface area contributed by atoms with Crippen molar-refractivity contribution in [3.63, 3.8) is 0 Å². The van der Waals surface area contributed by atoms with E-state index in [1.54, 1.807) is 17.9 Å². The number of hydrogen-bond donors (Lipinski definition) is 2. The number of alkyl halides is 3. The zero-order valence-electron chi connectivity index (χ0n) is 26.8. The summed E-state index contributed by atoms with van der Waals surface area (Å²) in [6, 6.07) is 4.04. The van der Waals surface area contributed by atoms with Gasteiger partial charge in [0, 0.05) is 44.3 Å². The van der Waals surface area contributed by atoms with Crippen molar-refractivity contribution >= 4 is 17.5 Å². The second kappa shape index (κ2) is 17.4. The molecule has 1 saturated carbocycles. The number of halogens is 3. The number of carbonyl (C=O) groups is 2. The number of likely N-dealkylation sites (N-methyl/N-ethyl adjacent to an activating group) is 1. The number of aliphatic hydroxyl groups excluding tert-OH is 1. The van der Waals surface area contributed by atoms with Crippen LogP contribution in [-0.2, 0) is 9.53 Å². The summed E-state index contributed by atoms with van der Waals surface area (Å²) in [7, 11) is 2.13. The van der Waals surface area contributed by atoms with E-state index >= 15 is 0 Å². The van der Waals surface area contributed by atoms with E-state index in [4.69, 9.17) is 9.47 Å². The van der Waals surface area contributed by atoms with Crippen LogP contribution in [-0.4, -0.2) is 91.0 Å². The normalized spacial score (nSPS) is 23.9. The molecule has 2 N–H and O–H groups in total. The molecule has 1 aromatic carbocycles. The number of rotatable bonds is 9. The molecule has 1 aliphatic carbocycles. The fraction of sp³-hybridized carbons (Fsp3) is 0.758. The quantitative estimate of drug-likeness (QED) is 0.335. The molecule has 1 aliphatic heterocycles. The van der Waals surface area contributed by atoms with Gasteiger partial charge < -0.3 is 29.7 Å². The van der Waals surface area contributed by atoms with Gasteiger partial charge in [0.05, 0.1) is 36.8 Å². The highest BCUT2D eigenvalue weighted by atomic mass is 19.4. The van der Waals surface area contributed by atoms with Crippen LogP contribution in [0.3, 0.4) is 0 Å². The molecule has 2 aliphatic rings. The summed E-state index contributed by atoms with van der Waals surface area (Å²) in [5, 5.41) is 12.6. The lowest BCUT2D eigenvalue weighted by molar-refractivity contribution is -0.142. The van der Waals surface area contributed by atoms with E-state index in [2.05, 4.69) is 24.2 Å². The van der Waals surface area contributed by atoms with E-state index in [1.165, 1.54) is 44.2 Å². The molecule has 0 spiro atoms. The van der Waals surface area contributed by atoms with Crippen LogP contribution in [0, 0.1) is 11.8 Å². The third-order valence-electron chi connectivity index (χ3n) is 8.76. The van der Waals surface area contributed by atoms with E-state index < -0.39 is 36.9 Å². The summed E-state index contributed by atoms with van der Waals surface area (Å²) in [5.41, 5.74) is 0.388. The third-order valence-corrected chi connectivity index (χ3v) is 8.76. The van der Waals surface area contributed by atoms with Crippen LogP contribution < -0.4 is 10.1 Å². The van der Waals surface area contributed by atoms with E-state index in [0.717, 1.165) is 32.4 Å². The number of nitrogens with one attached hydrogen (secondary N) is 1. The number of aliphatic hydroxyl groups is 1. The Balaban J connectivity index is 1.86. The first-order valence-electron chi connectivity index (χ1n) is 16.3. The number of anilines is 1. The van der Waals surface area contributed by atoms with Crippen LogP contribution in [0.15, 0.2) is 18.2 Å². The highest BCUT2D eigenvalue weighted by molar-refractivity contribution is 5.99. The number of carbonyl (C=O) groups excluding carboxylic acids is 2. The van der Waals surface area contributed by atoms with Crippen molar-refractivity contribution < 1.29 is 37.3 Å². The fourth-order valence-corrected chi connectivity index (χ4v) is 6.13. The smallest absolute Gasteiger partial charge is 0.389 e. The largest absolute Gasteiger partial charge is 0.490 e. The van der Waals surface area contributed by atoms with Crippen LogP contribution in [0.5, 0.6) is 5.75 Å². The van der Waals surface area contributed by atoms with Gasteiger partial charge in [-0.15, -0.1) is 0 Å². The minimum Gasteiger partial charge on any atom is -0.490 e. The maximum atomic E-state index is 14.2.